The van der Waals surface area contributed by atoms with Crippen molar-refractivity contribution in [2.45, 2.75) is 20.1 Å². The molecule has 3 aromatic heterocycles. The van der Waals surface area contributed by atoms with E-state index in [1.807, 2.05) is 18.2 Å². The van der Waals surface area contributed by atoms with Crippen LogP contribution in [0.2, 0.25) is 0 Å². The average molecular weight is 515 g/mol. The van der Waals surface area contributed by atoms with E-state index in [0.717, 1.165) is 37.4 Å². The number of aliphatic hydroxyl groups excluding tert-OH is 1. The van der Waals surface area contributed by atoms with Crippen molar-refractivity contribution in [1.82, 2.24) is 29.2 Å². The number of allylic oxidation sites excluding steroid dienone is 1. The number of ketones is 1. The predicted molar refractivity (Wildman–Crippen MR) is 146 cm³/mol. The summed E-state index contributed by atoms with van der Waals surface area (Å²) in [6.07, 6.45) is 3.08. The Bertz CT molecular complexity index is 1570. The Morgan fingerprint density at radius 3 is 2.66 bits per heavy atom. The first kappa shape index (κ1) is 25.3. The summed E-state index contributed by atoms with van der Waals surface area (Å²) >= 11 is 0. The molecule has 1 aliphatic rings. The summed E-state index contributed by atoms with van der Waals surface area (Å²) < 4.78 is 3.03. The molecule has 1 aliphatic heterocycles. The van der Waals surface area contributed by atoms with Gasteiger partial charge in [-0.3, -0.25) is 9.59 Å². The maximum Gasteiger partial charge on any atom is 0.278 e. The lowest BCUT2D eigenvalue weighted by molar-refractivity contribution is 0.101. The van der Waals surface area contributed by atoms with Crippen LogP contribution in [0, 0.1) is 0 Å². The second-order valence-electron chi connectivity index (χ2n) is 9.27. The molecule has 4 aromatic rings. The van der Waals surface area contributed by atoms with Crippen LogP contribution in [0.3, 0.4) is 0 Å². The van der Waals surface area contributed by atoms with Crippen LogP contribution in [0.25, 0.3) is 16.9 Å². The molecule has 0 aliphatic carbocycles. The first-order valence-corrected chi connectivity index (χ1v) is 12.4. The third kappa shape index (κ3) is 4.81. The molecule has 4 heterocycles. The van der Waals surface area contributed by atoms with Gasteiger partial charge >= 0.3 is 0 Å². The first-order chi connectivity index (χ1) is 18.4. The van der Waals surface area contributed by atoms with Crippen molar-refractivity contribution in [3.63, 3.8) is 0 Å². The van der Waals surface area contributed by atoms with Gasteiger partial charge in [0.15, 0.2) is 17.2 Å². The van der Waals surface area contributed by atoms with Gasteiger partial charge in [-0.2, -0.15) is 4.98 Å². The van der Waals surface area contributed by atoms with Crippen molar-refractivity contribution < 1.29 is 9.90 Å². The molecule has 1 fully saturated rings. The van der Waals surface area contributed by atoms with Crippen LogP contribution >= 0.6 is 0 Å². The Labute approximate surface area is 219 Å². The van der Waals surface area contributed by atoms with Gasteiger partial charge in [0.1, 0.15) is 11.1 Å². The molecule has 0 radical (unpaired) electrons. The topological polar surface area (TPSA) is 121 Å². The minimum absolute atomic E-state index is 0.0980. The molecule has 38 heavy (non-hydrogen) atoms. The molecule has 0 saturated carbocycles. The average Bonchev–Trinajstić information content (AvgIpc) is 3.20. The highest BCUT2D eigenvalue weighted by Gasteiger charge is 2.20. The summed E-state index contributed by atoms with van der Waals surface area (Å²) in [6, 6.07) is 10.9. The number of nitrogens with zero attached hydrogens (tertiary/aromatic N) is 7. The largest absolute Gasteiger partial charge is 0.392 e. The molecular formula is C27H30N8O3. The molecule has 1 saturated heterocycles. The molecule has 5 rings (SSSR count). The number of hydrogen-bond acceptors (Lipinski definition) is 9. The van der Waals surface area contributed by atoms with Gasteiger partial charge in [-0.1, -0.05) is 12.1 Å². The van der Waals surface area contributed by atoms with Gasteiger partial charge in [0, 0.05) is 56.2 Å². The number of rotatable bonds is 8. The van der Waals surface area contributed by atoms with Gasteiger partial charge in [0.25, 0.3) is 5.56 Å². The van der Waals surface area contributed by atoms with Crippen LogP contribution in [0.5, 0.6) is 0 Å². The Balaban J connectivity index is 1.53. The molecule has 0 amide bonds. The lowest BCUT2D eigenvalue weighted by Gasteiger charge is -2.35. The fraction of sp³-hybridized carbons (Fsp3) is 0.296. The summed E-state index contributed by atoms with van der Waals surface area (Å²) in [6.45, 7) is 9.05. The van der Waals surface area contributed by atoms with E-state index < -0.39 is 0 Å². The smallest absolute Gasteiger partial charge is 0.278 e. The number of nitrogens with one attached hydrogen (secondary N) is 1. The van der Waals surface area contributed by atoms with E-state index in [4.69, 9.17) is 0 Å². The number of hydrogen-bond donors (Lipinski definition) is 2. The van der Waals surface area contributed by atoms with Crippen LogP contribution in [-0.4, -0.2) is 73.3 Å². The second kappa shape index (κ2) is 10.6. The molecule has 2 N–H and O–H groups in total. The molecule has 0 unspecified atom stereocenters. The normalized spacial score (nSPS) is 14.1. The second-order valence-corrected chi connectivity index (χ2v) is 9.27. The lowest BCUT2D eigenvalue weighted by atomic mass is 10.1. The fourth-order valence-corrected chi connectivity index (χ4v) is 4.62. The van der Waals surface area contributed by atoms with Crippen molar-refractivity contribution >= 4 is 34.1 Å². The van der Waals surface area contributed by atoms with Crippen molar-refractivity contribution in [3.8, 4) is 5.82 Å². The molecule has 11 heteroatoms. The van der Waals surface area contributed by atoms with E-state index in [0.29, 0.717) is 22.5 Å². The summed E-state index contributed by atoms with van der Waals surface area (Å²) in [7, 11) is 2.11. The molecule has 1 aromatic carbocycles. The SMILES string of the molecule is C=CCn1c(=O)c2cnc(Nc3ccc(N4CCN(C)CC4)c(CO)c3)nc2n1-c1cccc(C(C)=O)n1. The molecule has 0 atom stereocenters. The summed E-state index contributed by atoms with van der Waals surface area (Å²) in [5.74, 6) is 0.481. The first-order valence-electron chi connectivity index (χ1n) is 12.4. The number of benzene rings is 1. The number of pyridine rings is 1. The number of aliphatic hydroxyl groups is 1. The van der Waals surface area contributed by atoms with Crippen molar-refractivity contribution in [2.24, 2.45) is 0 Å². The number of aromatic nitrogens is 5. The van der Waals surface area contributed by atoms with Gasteiger partial charge < -0.3 is 20.2 Å². The van der Waals surface area contributed by atoms with Crippen molar-refractivity contribution in [3.05, 3.63) is 76.9 Å². The number of anilines is 3. The number of carbonyl (C=O) groups excluding carboxylic acids is 1. The zero-order chi connectivity index (χ0) is 26.8. The molecular weight excluding hydrogens is 484 g/mol. The number of Topliss-reactive ketones (excluding diaryl/α,β-unsaturated/α-hetero) is 1. The third-order valence-electron chi connectivity index (χ3n) is 6.64. The lowest BCUT2D eigenvalue weighted by Crippen LogP contribution is -2.44. The van der Waals surface area contributed by atoms with E-state index >= 15 is 0 Å². The molecule has 0 spiro atoms. The molecule has 0 bridgehead atoms. The summed E-state index contributed by atoms with van der Waals surface area (Å²) in [5.41, 5.74) is 2.86. The highest BCUT2D eigenvalue weighted by Crippen LogP contribution is 2.27. The van der Waals surface area contributed by atoms with Gasteiger partial charge in [0.05, 0.1) is 13.2 Å². The Hall–Kier alpha value is -4.35. The Morgan fingerprint density at radius 1 is 1.16 bits per heavy atom. The molecule has 196 valence electrons. The molecule has 11 nitrogen and oxygen atoms in total. The highest BCUT2D eigenvalue weighted by molar-refractivity contribution is 5.92. The predicted octanol–water partition coefficient (Wildman–Crippen LogP) is 2.35. The van der Waals surface area contributed by atoms with Gasteiger partial charge in [-0.05, 0) is 37.4 Å². The van der Waals surface area contributed by atoms with Gasteiger partial charge in [-0.25, -0.2) is 19.3 Å². The maximum atomic E-state index is 13.2. The zero-order valence-corrected chi connectivity index (χ0v) is 21.5. The van der Waals surface area contributed by atoms with Crippen molar-refractivity contribution in [2.75, 3.05) is 43.4 Å². The highest BCUT2D eigenvalue weighted by atomic mass is 16.3. The van der Waals surface area contributed by atoms with E-state index in [1.54, 1.807) is 29.0 Å². The van der Waals surface area contributed by atoms with Gasteiger partial charge in [-0.15, -0.1) is 6.58 Å². The summed E-state index contributed by atoms with van der Waals surface area (Å²) in [4.78, 5) is 43.1. The number of fused-ring (bicyclic) bond motifs is 1. The van der Waals surface area contributed by atoms with Crippen LogP contribution in [0.4, 0.5) is 17.3 Å². The Kier molecular flexibility index (Phi) is 7.03. The van der Waals surface area contributed by atoms with Gasteiger partial charge in [0.2, 0.25) is 5.95 Å². The van der Waals surface area contributed by atoms with E-state index in [-0.39, 0.29) is 36.1 Å². The minimum atomic E-state index is -0.291. The minimum Gasteiger partial charge on any atom is -0.392 e. The monoisotopic (exact) mass is 514 g/mol. The van der Waals surface area contributed by atoms with Crippen LogP contribution < -0.4 is 15.8 Å². The summed E-state index contributed by atoms with van der Waals surface area (Å²) in [5, 5.41) is 13.6. The number of piperazine rings is 1. The van der Waals surface area contributed by atoms with E-state index in [1.165, 1.54) is 17.8 Å². The number of likely N-dealkylation sites (N-methyl/N-ethyl adjacent to an activating group) is 1. The fourth-order valence-electron chi connectivity index (χ4n) is 4.62. The maximum absolute atomic E-state index is 13.2. The number of carbonyl (C=O) groups is 1. The quantitative estimate of drug-likeness (QED) is 0.270. The van der Waals surface area contributed by atoms with Crippen LogP contribution in [-0.2, 0) is 13.2 Å². The standard InChI is InChI=1S/C27H30N8O3/c1-4-10-34-26(38)21-16-28-27(31-25(21)35(34)24-7-5-6-22(30-24)18(2)37)29-20-8-9-23(19(15-20)17-36)33-13-11-32(3)12-14-33/h4-9,15-16,36H,1,10-14,17H2,2-3H3,(H,28,29,31). The van der Waals surface area contributed by atoms with E-state index in [2.05, 4.69) is 43.7 Å². The van der Waals surface area contributed by atoms with Crippen LogP contribution in [0.15, 0.2) is 60.0 Å². The Morgan fingerprint density at radius 2 is 1.95 bits per heavy atom. The van der Waals surface area contributed by atoms with Crippen molar-refractivity contribution in [1.29, 1.82) is 0 Å². The van der Waals surface area contributed by atoms with E-state index in [9.17, 15) is 14.7 Å². The zero-order valence-electron chi connectivity index (χ0n) is 21.5. The third-order valence-corrected chi connectivity index (χ3v) is 6.64. The van der Waals surface area contributed by atoms with Crippen LogP contribution in [0.1, 0.15) is 23.0 Å².